The van der Waals surface area contributed by atoms with Crippen molar-refractivity contribution >= 4 is 12.0 Å². The van der Waals surface area contributed by atoms with Gasteiger partial charge in [0.2, 0.25) is 0 Å². The van der Waals surface area contributed by atoms with Crippen molar-refractivity contribution in [3.8, 4) is 0 Å². The van der Waals surface area contributed by atoms with E-state index < -0.39 is 23.5 Å². The number of amides is 2. The van der Waals surface area contributed by atoms with Gasteiger partial charge in [-0.1, -0.05) is 27.7 Å². The van der Waals surface area contributed by atoms with E-state index in [2.05, 4.69) is 29.5 Å². The molecule has 0 aromatic rings. The summed E-state index contributed by atoms with van der Waals surface area (Å²) in [4.78, 5) is 25.5. The van der Waals surface area contributed by atoms with Crippen LogP contribution in [-0.4, -0.2) is 54.2 Å². The van der Waals surface area contributed by atoms with Crippen molar-refractivity contribution in [3.63, 3.8) is 0 Å². The van der Waals surface area contributed by atoms with E-state index in [1.54, 1.807) is 20.8 Å². The van der Waals surface area contributed by atoms with E-state index in [4.69, 9.17) is 0 Å². The lowest BCUT2D eigenvalue weighted by Crippen LogP contribution is -2.56. The van der Waals surface area contributed by atoms with E-state index in [0.717, 1.165) is 19.5 Å². The molecule has 0 aliphatic carbocycles. The van der Waals surface area contributed by atoms with Gasteiger partial charge in [-0.15, -0.1) is 0 Å². The lowest BCUT2D eigenvalue weighted by molar-refractivity contribution is -0.141. The molecule has 20 heavy (non-hydrogen) atoms. The van der Waals surface area contributed by atoms with Gasteiger partial charge in [0.15, 0.2) is 0 Å². The van der Waals surface area contributed by atoms with Crippen LogP contribution in [0.4, 0.5) is 4.79 Å². The highest BCUT2D eigenvalue weighted by molar-refractivity contribution is 5.83. The van der Waals surface area contributed by atoms with Crippen LogP contribution in [0.2, 0.25) is 0 Å². The molecular weight excluding hydrogens is 258 g/mol. The molecule has 1 fully saturated rings. The van der Waals surface area contributed by atoms with Gasteiger partial charge in [0.25, 0.3) is 0 Å². The number of carbonyl (C=O) groups excluding carboxylic acids is 1. The average Bonchev–Trinajstić information content (AvgIpc) is 2.28. The Morgan fingerprint density at radius 3 is 2.40 bits per heavy atom. The van der Waals surface area contributed by atoms with Gasteiger partial charge < -0.3 is 20.6 Å². The quantitative estimate of drug-likeness (QED) is 0.726. The zero-order valence-corrected chi connectivity index (χ0v) is 13.1. The molecule has 1 aliphatic rings. The smallest absolute Gasteiger partial charge is 0.326 e. The van der Waals surface area contributed by atoms with E-state index in [1.807, 2.05) is 0 Å². The molecular formula is C14H27N3O3. The Hall–Kier alpha value is -1.30. The monoisotopic (exact) mass is 285 g/mol. The molecule has 3 N–H and O–H groups in total. The molecule has 2 unspecified atom stereocenters. The number of piperidine rings is 1. The molecule has 0 saturated carbocycles. The lowest BCUT2D eigenvalue weighted by Gasteiger charge is -2.36. The highest BCUT2D eigenvalue weighted by atomic mass is 16.4. The van der Waals surface area contributed by atoms with Crippen LogP contribution < -0.4 is 10.6 Å². The lowest BCUT2D eigenvalue weighted by atomic mass is 9.87. The SMILES string of the molecule is CC1CN(C)CCC1NC(=O)N[C@H](C(=O)O)C(C)(C)C. The number of aliphatic carboxylic acids is 1. The van der Waals surface area contributed by atoms with Gasteiger partial charge in [-0.3, -0.25) is 0 Å². The fourth-order valence-corrected chi connectivity index (χ4v) is 2.56. The number of nitrogens with one attached hydrogen (secondary N) is 2. The van der Waals surface area contributed by atoms with Gasteiger partial charge in [0.1, 0.15) is 6.04 Å². The number of rotatable bonds is 3. The molecule has 6 nitrogen and oxygen atoms in total. The maximum Gasteiger partial charge on any atom is 0.326 e. The predicted octanol–water partition coefficient (Wildman–Crippen LogP) is 1.13. The Morgan fingerprint density at radius 2 is 1.95 bits per heavy atom. The molecule has 0 radical (unpaired) electrons. The molecule has 0 aromatic carbocycles. The van der Waals surface area contributed by atoms with E-state index in [0.29, 0.717) is 5.92 Å². The second-order valence-corrected chi connectivity index (χ2v) is 6.89. The second kappa shape index (κ2) is 6.43. The Labute approximate surface area is 120 Å². The van der Waals surface area contributed by atoms with Crippen molar-refractivity contribution in [1.29, 1.82) is 0 Å². The van der Waals surface area contributed by atoms with E-state index in [1.165, 1.54) is 0 Å². The van der Waals surface area contributed by atoms with Crippen LogP contribution in [0.15, 0.2) is 0 Å². The minimum absolute atomic E-state index is 0.0978. The van der Waals surface area contributed by atoms with Crippen molar-refractivity contribution in [2.45, 2.75) is 46.2 Å². The minimum Gasteiger partial charge on any atom is -0.480 e. The summed E-state index contributed by atoms with van der Waals surface area (Å²) in [6.45, 7) is 9.36. The summed E-state index contributed by atoms with van der Waals surface area (Å²) in [7, 11) is 2.06. The van der Waals surface area contributed by atoms with Crippen LogP contribution in [0.1, 0.15) is 34.1 Å². The summed E-state index contributed by atoms with van der Waals surface area (Å²) in [5.74, 6) is -0.651. The summed E-state index contributed by atoms with van der Waals surface area (Å²) < 4.78 is 0. The van der Waals surface area contributed by atoms with Crippen LogP contribution in [0, 0.1) is 11.3 Å². The van der Waals surface area contributed by atoms with Crippen molar-refractivity contribution in [3.05, 3.63) is 0 Å². The first-order chi connectivity index (χ1) is 9.11. The third-order valence-corrected chi connectivity index (χ3v) is 3.81. The minimum atomic E-state index is -1.01. The topological polar surface area (TPSA) is 81.7 Å². The third kappa shape index (κ3) is 4.67. The van der Waals surface area contributed by atoms with Gasteiger partial charge in [-0.25, -0.2) is 9.59 Å². The van der Waals surface area contributed by atoms with Crippen LogP contribution in [0.3, 0.4) is 0 Å². The van der Waals surface area contributed by atoms with Crippen LogP contribution in [-0.2, 0) is 4.79 Å². The highest BCUT2D eigenvalue weighted by Gasteiger charge is 2.33. The summed E-state index contributed by atoms with van der Waals surface area (Å²) >= 11 is 0. The van der Waals surface area contributed by atoms with Crippen molar-refractivity contribution < 1.29 is 14.7 Å². The molecule has 0 aromatic heterocycles. The summed E-state index contributed by atoms with van der Waals surface area (Å²) in [5.41, 5.74) is -0.526. The third-order valence-electron chi connectivity index (χ3n) is 3.81. The zero-order chi connectivity index (χ0) is 15.5. The fourth-order valence-electron chi connectivity index (χ4n) is 2.56. The molecule has 1 heterocycles. The molecule has 1 saturated heterocycles. The van der Waals surface area contributed by atoms with E-state index in [-0.39, 0.29) is 6.04 Å². The van der Waals surface area contributed by atoms with Crippen molar-refractivity contribution in [2.24, 2.45) is 11.3 Å². The number of nitrogens with zero attached hydrogens (tertiary/aromatic N) is 1. The van der Waals surface area contributed by atoms with Crippen molar-refractivity contribution in [2.75, 3.05) is 20.1 Å². The van der Waals surface area contributed by atoms with Crippen LogP contribution >= 0.6 is 0 Å². The number of hydrogen-bond donors (Lipinski definition) is 3. The maximum atomic E-state index is 12.0. The van der Waals surface area contributed by atoms with Gasteiger partial charge >= 0.3 is 12.0 Å². The zero-order valence-electron chi connectivity index (χ0n) is 13.1. The normalized spacial score (nSPS) is 25.9. The first-order valence-electron chi connectivity index (χ1n) is 7.09. The van der Waals surface area contributed by atoms with Crippen LogP contribution in [0.5, 0.6) is 0 Å². The number of likely N-dealkylation sites (tertiary alicyclic amines) is 1. The Bertz CT molecular complexity index is 365. The highest BCUT2D eigenvalue weighted by Crippen LogP contribution is 2.20. The Morgan fingerprint density at radius 1 is 1.35 bits per heavy atom. The maximum absolute atomic E-state index is 12.0. The van der Waals surface area contributed by atoms with E-state index >= 15 is 0 Å². The van der Waals surface area contributed by atoms with Gasteiger partial charge in [-0.2, -0.15) is 0 Å². The summed E-state index contributed by atoms with van der Waals surface area (Å²) in [6, 6.07) is -1.20. The molecule has 0 spiro atoms. The van der Waals surface area contributed by atoms with E-state index in [9.17, 15) is 14.7 Å². The molecule has 3 atom stereocenters. The predicted molar refractivity (Wildman–Crippen MR) is 77.6 cm³/mol. The first kappa shape index (κ1) is 16.8. The molecule has 1 aliphatic heterocycles. The van der Waals surface area contributed by atoms with Gasteiger partial charge in [-0.05, 0) is 31.3 Å². The molecule has 116 valence electrons. The fraction of sp³-hybridized carbons (Fsp3) is 0.857. The number of hydrogen-bond acceptors (Lipinski definition) is 3. The Kier molecular flexibility index (Phi) is 5.39. The second-order valence-electron chi connectivity index (χ2n) is 6.89. The number of carboxylic acids is 1. The molecule has 6 heteroatoms. The largest absolute Gasteiger partial charge is 0.480 e. The molecule has 0 bridgehead atoms. The van der Waals surface area contributed by atoms with Crippen molar-refractivity contribution in [1.82, 2.24) is 15.5 Å². The Balaban J connectivity index is 2.56. The number of urea groups is 1. The average molecular weight is 285 g/mol. The first-order valence-corrected chi connectivity index (χ1v) is 7.09. The van der Waals surface area contributed by atoms with Gasteiger partial charge in [0.05, 0.1) is 0 Å². The van der Waals surface area contributed by atoms with Gasteiger partial charge in [0, 0.05) is 12.6 Å². The summed E-state index contributed by atoms with van der Waals surface area (Å²) in [5, 5.41) is 14.7. The number of carbonyl (C=O) groups is 2. The number of carboxylic acid groups (broad SMARTS) is 1. The standard InChI is InChI=1S/C14H27N3O3/c1-9-8-17(5)7-6-10(9)15-13(20)16-11(12(18)19)14(2,3)4/h9-11H,6-8H2,1-5H3,(H,18,19)(H2,15,16,20)/t9?,10?,11-/m1/s1. The summed E-state index contributed by atoms with van der Waals surface area (Å²) in [6.07, 6.45) is 0.887. The molecule has 1 rings (SSSR count). The molecule has 2 amide bonds. The van der Waals surface area contributed by atoms with Crippen LogP contribution in [0.25, 0.3) is 0 Å².